The maximum atomic E-state index is 9.99. The second kappa shape index (κ2) is 6.60. The highest BCUT2D eigenvalue weighted by molar-refractivity contribution is 6.34. The van der Waals surface area contributed by atoms with Crippen molar-refractivity contribution in [1.29, 1.82) is 0 Å². The SMILES string of the molecule is CC(C)CC[C@H](O)[C@H](N)c1cc(Cl)cc(Cl)c1. The standard InChI is InChI=1S/C13H19Cl2NO/c1-8(2)3-4-12(17)13(16)9-5-10(14)7-11(15)6-9/h5-8,12-13,17H,3-4,16H2,1-2H3/t12-,13+/m0/s1. The molecule has 2 nitrogen and oxygen atoms in total. The summed E-state index contributed by atoms with van der Waals surface area (Å²) >= 11 is 11.8. The molecule has 96 valence electrons. The van der Waals surface area contributed by atoms with Crippen molar-refractivity contribution in [1.82, 2.24) is 0 Å². The maximum absolute atomic E-state index is 9.99. The van der Waals surface area contributed by atoms with Gasteiger partial charge in [-0.2, -0.15) is 0 Å². The van der Waals surface area contributed by atoms with Crippen LogP contribution in [0.4, 0.5) is 0 Å². The summed E-state index contributed by atoms with van der Waals surface area (Å²) in [6.45, 7) is 4.24. The molecule has 1 aromatic carbocycles. The van der Waals surface area contributed by atoms with Crippen LogP contribution >= 0.6 is 23.2 Å². The zero-order chi connectivity index (χ0) is 13.0. The lowest BCUT2D eigenvalue weighted by Crippen LogP contribution is -2.26. The molecule has 0 radical (unpaired) electrons. The first kappa shape index (κ1) is 14.8. The topological polar surface area (TPSA) is 46.2 Å². The van der Waals surface area contributed by atoms with Crippen LogP contribution in [0, 0.1) is 5.92 Å². The molecule has 4 heteroatoms. The molecule has 0 heterocycles. The van der Waals surface area contributed by atoms with E-state index in [9.17, 15) is 5.11 Å². The summed E-state index contributed by atoms with van der Waals surface area (Å²) in [5, 5.41) is 11.1. The van der Waals surface area contributed by atoms with Gasteiger partial charge in [0.05, 0.1) is 12.1 Å². The molecule has 0 aliphatic carbocycles. The zero-order valence-electron chi connectivity index (χ0n) is 10.2. The number of halogens is 2. The summed E-state index contributed by atoms with van der Waals surface area (Å²) in [4.78, 5) is 0. The van der Waals surface area contributed by atoms with Gasteiger partial charge in [-0.1, -0.05) is 37.0 Å². The van der Waals surface area contributed by atoms with E-state index in [1.165, 1.54) is 0 Å². The molecule has 0 spiro atoms. The van der Waals surface area contributed by atoms with Gasteiger partial charge >= 0.3 is 0 Å². The van der Waals surface area contributed by atoms with Crippen molar-refractivity contribution in [2.75, 3.05) is 0 Å². The Bertz CT molecular complexity index is 348. The summed E-state index contributed by atoms with van der Waals surface area (Å²) in [6, 6.07) is 4.71. The van der Waals surface area contributed by atoms with Gasteiger partial charge in [0.15, 0.2) is 0 Å². The minimum absolute atomic E-state index is 0.440. The average molecular weight is 276 g/mol. The van der Waals surface area contributed by atoms with Crippen LogP contribution in [0.15, 0.2) is 18.2 Å². The van der Waals surface area contributed by atoms with E-state index in [2.05, 4.69) is 13.8 Å². The summed E-state index contributed by atoms with van der Waals surface area (Å²) in [5.74, 6) is 0.555. The fourth-order valence-electron chi connectivity index (χ4n) is 1.67. The van der Waals surface area contributed by atoms with Crippen LogP contribution in [-0.4, -0.2) is 11.2 Å². The van der Waals surface area contributed by atoms with E-state index in [1.54, 1.807) is 18.2 Å². The van der Waals surface area contributed by atoms with Gasteiger partial charge in [-0.05, 0) is 42.5 Å². The van der Waals surface area contributed by atoms with Gasteiger partial charge in [-0.25, -0.2) is 0 Å². The van der Waals surface area contributed by atoms with Crippen LogP contribution in [0.2, 0.25) is 10.0 Å². The molecular weight excluding hydrogens is 257 g/mol. The maximum Gasteiger partial charge on any atom is 0.0732 e. The van der Waals surface area contributed by atoms with Crippen molar-refractivity contribution < 1.29 is 5.11 Å². The second-order valence-corrected chi connectivity index (χ2v) is 5.64. The van der Waals surface area contributed by atoms with Crippen LogP contribution in [0.25, 0.3) is 0 Å². The van der Waals surface area contributed by atoms with Crippen molar-refractivity contribution in [2.24, 2.45) is 11.7 Å². The molecule has 1 rings (SSSR count). The summed E-state index contributed by atoms with van der Waals surface area (Å²) < 4.78 is 0. The summed E-state index contributed by atoms with van der Waals surface area (Å²) in [5.41, 5.74) is 6.77. The highest BCUT2D eigenvalue weighted by Gasteiger charge is 2.17. The Kier molecular flexibility index (Phi) is 5.74. The largest absolute Gasteiger partial charge is 0.391 e. The van der Waals surface area contributed by atoms with Crippen LogP contribution < -0.4 is 5.73 Å². The van der Waals surface area contributed by atoms with Crippen molar-refractivity contribution in [3.8, 4) is 0 Å². The van der Waals surface area contributed by atoms with Crippen LogP contribution in [-0.2, 0) is 0 Å². The highest BCUT2D eigenvalue weighted by Crippen LogP contribution is 2.25. The number of aliphatic hydroxyl groups is 1. The predicted molar refractivity (Wildman–Crippen MR) is 73.5 cm³/mol. The Balaban J connectivity index is 2.70. The Morgan fingerprint density at radius 1 is 1.12 bits per heavy atom. The van der Waals surface area contributed by atoms with E-state index in [-0.39, 0.29) is 0 Å². The molecule has 1 aromatic rings. The van der Waals surface area contributed by atoms with Gasteiger partial charge in [0.2, 0.25) is 0 Å². The van der Waals surface area contributed by atoms with Gasteiger partial charge in [0.1, 0.15) is 0 Å². The monoisotopic (exact) mass is 275 g/mol. The minimum Gasteiger partial charge on any atom is -0.391 e. The van der Waals surface area contributed by atoms with Crippen molar-refractivity contribution >= 4 is 23.2 Å². The van der Waals surface area contributed by atoms with E-state index in [4.69, 9.17) is 28.9 Å². The molecule has 3 N–H and O–H groups in total. The van der Waals surface area contributed by atoms with E-state index in [0.29, 0.717) is 22.4 Å². The quantitative estimate of drug-likeness (QED) is 0.859. The lowest BCUT2D eigenvalue weighted by molar-refractivity contribution is 0.128. The van der Waals surface area contributed by atoms with E-state index in [1.807, 2.05) is 0 Å². The third-order valence-electron chi connectivity index (χ3n) is 2.72. The van der Waals surface area contributed by atoms with E-state index >= 15 is 0 Å². The Morgan fingerprint density at radius 2 is 1.65 bits per heavy atom. The first-order valence-corrected chi connectivity index (χ1v) is 6.55. The molecule has 17 heavy (non-hydrogen) atoms. The predicted octanol–water partition coefficient (Wildman–Crippen LogP) is 3.79. The van der Waals surface area contributed by atoms with Gasteiger partial charge in [0.25, 0.3) is 0 Å². The summed E-state index contributed by atoms with van der Waals surface area (Å²) in [6.07, 6.45) is 1.07. The number of hydrogen-bond acceptors (Lipinski definition) is 2. The van der Waals surface area contributed by atoms with Crippen LogP contribution in [0.5, 0.6) is 0 Å². The minimum atomic E-state index is -0.563. The van der Waals surface area contributed by atoms with Crippen molar-refractivity contribution in [2.45, 2.75) is 38.8 Å². The smallest absolute Gasteiger partial charge is 0.0732 e. The van der Waals surface area contributed by atoms with Gasteiger partial charge in [-0.15, -0.1) is 0 Å². The number of benzene rings is 1. The van der Waals surface area contributed by atoms with E-state index in [0.717, 1.165) is 12.0 Å². The van der Waals surface area contributed by atoms with Gasteiger partial charge in [-0.3, -0.25) is 0 Å². The third kappa shape index (κ3) is 4.84. The third-order valence-corrected chi connectivity index (χ3v) is 3.16. The Labute approximate surface area is 113 Å². The van der Waals surface area contributed by atoms with Gasteiger partial charge in [0, 0.05) is 10.0 Å². The lowest BCUT2D eigenvalue weighted by Gasteiger charge is -2.20. The van der Waals surface area contributed by atoms with Crippen molar-refractivity contribution in [3.05, 3.63) is 33.8 Å². The highest BCUT2D eigenvalue weighted by atomic mass is 35.5. The number of aliphatic hydroxyl groups excluding tert-OH is 1. The number of rotatable bonds is 5. The molecule has 0 aromatic heterocycles. The average Bonchev–Trinajstić information content (AvgIpc) is 2.23. The fourth-order valence-corrected chi connectivity index (χ4v) is 2.22. The second-order valence-electron chi connectivity index (χ2n) is 4.77. The number of nitrogens with two attached hydrogens (primary N) is 1. The van der Waals surface area contributed by atoms with Crippen LogP contribution in [0.1, 0.15) is 38.3 Å². The fraction of sp³-hybridized carbons (Fsp3) is 0.538. The first-order valence-electron chi connectivity index (χ1n) is 5.79. The molecule has 0 aliphatic heterocycles. The molecular formula is C13H19Cl2NO. The molecule has 0 saturated carbocycles. The lowest BCUT2D eigenvalue weighted by atomic mass is 9.96. The molecule has 0 unspecified atom stereocenters. The van der Waals surface area contributed by atoms with Crippen LogP contribution in [0.3, 0.4) is 0 Å². The molecule has 0 saturated heterocycles. The molecule has 0 aliphatic rings. The van der Waals surface area contributed by atoms with E-state index < -0.39 is 12.1 Å². The van der Waals surface area contributed by atoms with Crippen molar-refractivity contribution in [3.63, 3.8) is 0 Å². The molecule has 0 amide bonds. The molecule has 0 fully saturated rings. The summed E-state index contributed by atoms with van der Waals surface area (Å²) in [7, 11) is 0. The zero-order valence-corrected chi connectivity index (χ0v) is 11.7. The molecule has 2 atom stereocenters. The normalized spacial score (nSPS) is 15.0. The number of hydrogen-bond donors (Lipinski definition) is 2. The Morgan fingerprint density at radius 3 is 2.12 bits per heavy atom. The molecule has 0 bridgehead atoms. The van der Waals surface area contributed by atoms with Gasteiger partial charge < -0.3 is 10.8 Å². The Hall–Kier alpha value is -0.280. The first-order chi connectivity index (χ1) is 7.90.